The third-order valence-corrected chi connectivity index (χ3v) is 1.87. The van der Waals surface area contributed by atoms with Crippen LogP contribution in [0, 0.1) is 0 Å². The molecular weight excluding hydrogens is 211 g/mol. The van der Waals surface area contributed by atoms with E-state index >= 15 is 0 Å². The summed E-state index contributed by atoms with van der Waals surface area (Å²) in [5.74, 6) is 0.399. The van der Waals surface area contributed by atoms with Gasteiger partial charge in [0.2, 0.25) is 0 Å². The van der Waals surface area contributed by atoms with Crippen LogP contribution >= 0.6 is 0 Å². The normalized spacial score (nSPS) is 10.2. The Morgan fingerprint density at radius 1 is 1.12 bits per heavy atom. The van der Waals surface area contributed by atoms with Crippen LogP contribution in [-0.2, 0) is 16.1 Å². The summed E-state index contributed by atoms with van der Waals surface area (Å²) in [4.78, 5) is 0. The Balaban J connectivity index is 2.33. The molecule has 1 rings (SSSR count). The fourth-order valence-electron chi connectivity index (χ4n) is 1.12. The fraction of sp³-hybridized carbons (Fsp3) is 0.400. The van der Waals surface area contributed by atoms with Crippen molar-refractivity contribution >= 4 is 7.32 Å². The first-order valence-electron chi connectivity index (χ1n) is 4.91. The number of benzene rings is 1. The zero-order valence-electron chi connectivity index (χ0n) is 9.13. The van der Waals surface area contributed by atoms with Gasteiger partial charge in [-0.2, -0.15) is 0 Å². The number of methoxy groups -OCH3 is 1. The molecular formula is C10H15BO5. The van der Waals surface area contributed by atoms with Gasteiger partial charge < -0.3 is 24.2 Å². The predicted molar refractivity (Wildman–Crippen MR) is 58.8 cm³/mol. The molecule has 0 atom stereocenters. The summed E-state index contributed by atoms with van der Waals surface area (Å²) in [5, 5.41) is 17.1. The minimum Gasteiger partial charge on any atom is -0.512 e. The van der Waals surface area contributed by atoms with E-state index in [2.05, 4.69) is 4.65 Å². The maximum absolute atomic E-state index is 8.57. The van der Waals surface area contributed by atoms with Gasteiger partial charge in [0, 0.05) is 7.11 Å². The Morgan fingerprint density at radius 3 is 2.38 bits per heavy atom. The molecule has 0 saturated carbocycles. The van der Waals surface area contributed by atoms with Gasteiger partial charge in [0.1, 0.15) is 5.75 Å². The molecule has 0 aromatic heterocycles. The predicted octanol–water partition coefficient (Wildman–Crippen LogP) is 0.198. The van der Waals surface area contributed by atoms with E-state index in [1.54, 1.807) is 31.4 Å². The van der Waals surface area contributed by atoms with Crippen LogP contribution in [0.1, 0.15) is 5.56 Å². The Hall–Kier alpha value is -1.08. The van der Waals surface area contributed by atoms with Gasteiger partial charge >= 0.3 is 7.32 Å². The first-order valence-corrected chi connectivity index (χ1v) is 4.91. The second-order valence-corrected chi connectivity index (χ2v) is 3.13. The highest BCUT2D eigenvalue weighted by Crippen LogP contribution is 2.12. The average molecular weight is 226 g/mol. The largest absolute Gasteiger partial charge is 0.707 e. The van der Waals surface area contributed by atoms with Crippen molar-refractivity contribution in [2.24, 2.45) is 0 Å². The van der Waals surface area contributed by atoms with Crippen molar-refractivity contribution in [3.63, 3.8) is 0 Å². The molecule has 16 heavy (non-hydrogen) atoms. The molecule has 0 aliphatic carbocycles. The third-order valence-electron chi connectivity index (χ3n) is 1.87. The lowest BCUT2D eigenvalue weighted by Crippen LogP contribution is -2.20. The van der Waals surface area contributed by atoms with Gasteiger partial charge in [0.15, 0.2) is 0 Å². The van der Waals surface area contributed by atoms with Crippen molar-refractivity contribution in [2.75, 3.05) is 20.3 Å². The maximum atomic E-state index is 8.57. The number of rotatable bonds is 7. The van der Waals surface area contributed by atoms with Crippen molar-refractivity contribution < 1.29 is 24.2 Å². The van der Waals surface area contributed by atoms with Crippen LogP contribution in [0.4, 0.5) is 0 Å². The SMILES string of the molecule is COCCOCc1ccc(OB(O)O)cc1. The zero-order chi connectivity index (χ0) is 11.8. The first kappa shape index (κ1) is 13.0. The van der Waals surface area contributed by atoms with Crippen molar-refractivity contribution in [1.29, 1.82) is 0 Å². The number of hydrogen-bond acceptors (Lipinski definition) is 5. The molecule has 0 bridgehead atoms. The van der Waals surface area contributed by atoms with Crippen molar-refractivity contribution in [3.05, 3.63) is 29.8 Å². The van der Waals surface area contributed by atoms with E-state index in [1.807, 2.05) is 0 Å². The lowest BCUT2D eigenvalue weighted by Gasteiger charge is -2.06. The molecule has 6 heteroatoms. The molecule has 0 aliphatic rings. The van der Waals surface area contributed by atoms with Crippen LogP contribution in [0.25, 0.3) is 0 Å². The molecule has 1 aromatic carbocycles. The van der Waals surface area contributed by atoms with Crippen LogP contribution in [0.3, 0.4) is 0 Å². The second-order valence-electron chi connectivity index (χ2n) is 3.13. The summed E-state index contributed by atoms with van der Waals surface area (Å²) < 4.78 is 14.8. The molecule has 2 N–H and O–H groups in total. The molecule has 0 unspecified atom stereocenters. The molecule has 0 radical (unpaired) electrons. The van der Waals surface area contributed by atoms with Gasteiger partial charge in [-0.25, -0.2) is 0 Å². The summed E-state index contributed by atoms with van der Waals surface area (Å²) in [5.41, 5.74) is 0.982. The maximum Gasteiger partial charge on any atom is 0.707 e. The lowest BCUT2D eigenvalue weighted by atomic mass is 10.2. The molecule has 0 heterocycles. The van der Waals surface area contributed by atoms with Crippen molar-refractivity contribution in [3.8, 4) is 5.75 Å². The minimum atomic E-state index is -1.79. The molecule has 0 aliphatic heterocycles. The summed E-state index contributed by atoms with van der Waals surface area (Å²) in [6.07, 6.45) is 0. The molecule has 5 nitrogen and oxygen atoms in total. The third kappa shape index (κ3) is 5.13. The summed E-state index contributed by atoms with van der Waals surface area (Å²) in [6, 6.07) is 6.89. The van der Waals surface area contributed by atoms with Gasteiger partial charge in [-0.1, -0.05) is 12.1 Å². The minimum absolute atomic E-state index is 0.399. The molecule has 0 spiro atoms. The Kier molecular flexibility index (Phi) is 5.88. The van der Waals surface area contributed by atoms with Crippen LogP contribution in [0.15, 0.2) is 24.3 Å². The van der Waals surface area contributed by atoms with E-state index < -0.39 is 7.32 Å². The topological polar surface area (TPSA) is 68.2 Å². The zero-order valence-corrected chi connectivity index (χ0v) is 9.13. The highest BCUT2D eigenvalue weighted by Gasteiger charge is 2.10. The van der Waals surface area contributed by atoms with Gasteiger partial charge in [-0.3, -0.25) is 0 Å². The van der Waals surface area contributed by atoms with E-state index in [1.165, 1.54) is 0 Å². The van der Waals surface area contributed by atoms with Gasteiger partial charge in [0.25, 0.3) is 0 Å². The Morgan fingerprint density at radius 2 is 1.81 bits per heavy atom. The fourth-order valence-corrected chi connectivity index (χ4v) is 1.12. The van der Waals surface area contributed by atoms with Crippen LogP contribution in [0.5, 0.6) is 5.75 Å². The standard InChI is InChI=1S/C10H15BO5/c1-14-6-7-15-8-9-2-4-10(5-3-9)16-11(12)13/h2-5,12-13H,6-8H2,1H3. The first-order chi connectivity index (χ1) is 7.72. The highest BCUT2D eigenvalue weighted by molar-refractivity contribution is 6.33. The van der Waals surface area contributed by atoms with Gasteiger partial charge in [-0.05, 0) is 17.7 Å². The Labute approximate surface area is 94.7 Å². The van der Waals surface area contributed by atoms with Crippen LogP contribution in [0.2, 0.25) is 0 Å². The summed E-state index contributed by atoms with van der Waals surface area (Å²) in [6.45, 7) is 1.60. The second kappa shape index (κ2) is 7.24. The van der Waals surface area contributed by atoms with Gasteiger partial charge in [0.05, 0.1) is 19.8 Å². The molecule has 0 fully saturated rings. The molecule has 1 aromatic rings. The molecule has 0 saturated heterocycles. The van der Waals surface area contributed by atoms with Gasteiger partial charge in [-0.15, -0.1) is 0 Å². The number of hydrogen-bond donors (Lipinski definition) is 2. The Bertz CT molecular complexity index is 288. The van der Waals surface area contributed by atoms with Crippen molar-refractivity contribution in [1.82, 2.24) is 0 Å². The lowest BCUT2D eigenvalue weighted by molar-refractivity contribution is 0.0616. The quantitative estimate of drug-likeness (QED) is 0.513. The smallest absolute Gasteiger partial charge is 0.512 e. The number of ether oxygens (including phenoxy) is 2. The molecule has 0 amide bonds. The average Bonchev–Trinajstić information content (AvgIpc) is 2.26. The van der Waals surface area contributed by atoms with E-state index in [0.717, 1.165) is 5.56 Å². The summed E-state index contributed by atoms with van der Waals surface area (Å²) in [7, 11) is -0.167. The van der Waals surface area contributed by atoms with Crippen molar-refractivity contribution in [2.45, 2.75) is 6.61 Å². The van der Waals surface area contributed by atoms with Crippen LogP contribution in [-0.4, -0.2) is 37.7 Å². The van der Waals surface area contributed by atoms with Crippen LogP contribution < -0.4 is 4.65 Å². The highest BCUT2D eigenvalue weighted by atomic mass is 16.6. The molecule has 88 valence electrons. The van der Waals surface area contributed by atoms with E-state index in [9.17, 15) is 0 Å². The van der Waals surface area contributed by atoms with E-state index in [0.29, 0.717) is 25.6 Å². The monoisotopic (exact) mass is 226 g/mol. The summed E-state index contributed by atoms with van der Waals surface area (Å²) >= 11 is 0. The van der Waals surface area contributed by atoms with E-state index in [-0.39, 0.29) is 0 Å². The van der Waals surface area contributed by atoms with E-state index in [4.69, 9.17) is 19.5 Å².